The molecule has 0 saturated heterocycles. The molecular formula is C10H14FIN2O. The third-order valence-corrected chi connectivity index (χ3v) is 2.74. The number of ether oxygens (including phenoxy) is 1. The summed E-state index contributed by atoms with van der Waals surface area (Å²) >= 11 is 1.91. The van der Waals surface area contributed by atoms with Gasteiger partial charge in [-0.15, -0.1) is 0 Å². The van der Waals surface area contributed by atoms with Gasteiger partial charge in [0.1, 0.15) is 5.82 Å². The number of halogens is 2. The molecule has 1 aromatic carbocycles. The maximum atomic E-state index is 13.3. The highest BCUT2D eigenvalue weighted by molar-refractivity contribution is 14.1. The minimum absolute atomic E-state index is 0.0942. The van der Waals surface area contributed by atoms with Crippen LogP contribution in [0.25, 0.3) is 0 Å². The van der Waals surface area contributed by atoms with Gasteiger partial charge in [0.15, 0.2) is 0 Å². The van der Waals surface area contributed by atoms with E-state index in [1.807, 2.05) is 29.5 Å². The lowest BCUT2D eigenvalue weighted by Gasteiger charge is -2.16. The van der Waals surface area contributed by atoms with Crippen molar-refractivity contribution in [2.45, 2.75) is 13.0 Å². The maximum Gasteiger partial charge on any atom is 0.138 e. The Morgan fingerprint density at radius 2 is 2.27 bits per heavy atom. The molecule has 5 heteroatoms. The number of anilines is 2. The molecule has 0 aliphatic rings. The Morgan fingerprint density at radius 3 is 2.87 bits per heavy atom. The van der Waals surface area contributed by atoms with Gasteiger partial charge in [-0.25, -0.2) is 4.39 Å². The first kappa shape index (κ1) is 12.5. The number of nitrogen functional groups attached to an aromatic ring is 1. The summed E-state index contributed by atoms with van der Waals surface area (Å²) in [5.41, 5.74) is 6.91. The van der Waals surface area contributed by atoms with Crippen LogP contribution in [-0.2, 0) is 4.74 Å². The van der Waals surface area contributed by atoms with E-state index in [4.69, 9.17) is 10.5 Å². The quantitative estimate of drug-likeness (QED) is 0.661. The molecule has 1 atom stereocenters. The summed E-state index contributed by atoms with van der Waals surface area (Å²) < 4.78 is 18.8. The van der Waals surface area contributed by atoms with Crippen molar-refractivity contribution < 1.29 is 9.13 Å². The van der Waals surface area contributed by atoms with Crippen LogP contribution in [0.5, 0.6) is 0 Å². The topological polar surface area (TPSA) is 47.3 Å². The van der Waals surface area contributed by atoms with Crippen LogP contribution < -0.4 is 11.1 Å². The molecule has 0 radical (unpaired) electrons. The Bertz CT molecular complexity index is 346. The summed E-state index contributed by atoms with van der Waals surface area (Å²) in [6.07, 6.45) is 0. The molecule has 1 unspecified atom stereocenters. The number of nitrogens with one attached hydrogen (secondary N) is 1. The zero-order chi connectivity index (χ0) is 11.4. The van der Waals surface area contributed by atoms with Gasteiger partial charge in [0.05, 0.1) is 21.6 Å². The van der Waals surface area contributed by atoms with E-state index in [-0.39, 0.29) is 11.9 Å². The Morgan fingerprint density at radius 1 is 1.60 bits per heavy atom. The molecule has 84 valence electrons. The molecule has 0 aromatic heterocycles. The minimum Gasteiger partial charge on any atom is -0.397 e. The standard InChI is InChI=1S/C10H14FIN2O/c1-6(5-15-2)14-10-3-7(11)8(12)4-9(10)13/h3-4,6,14H,5,13H2,1-2H3. The average molecular weight is 324 g/mol. The number of hydrogen-bond donors (Lipinski definition) is 2. The fraction of sp³-hybridized carbons (Fsp3) is 0.400. The van der Waals surface area contributed by atoms with Gasteiger partial charge in [0, 0.05) is 19.2 Å². The summed E-state index contributed by atoms with van der Waals surface area (Å²) in [7, 11) is 1.62. The van der Waals surface area contributed by atoms with Gasteiger partial charge >= 0.3 is 0 Å². The van der Waals surface area contributed by atoms with E-state index in [0.29, 0.717) is 21.6 Å². The largest absolute Gasteiger partial charge is 0.397 e. The minimum atomic E-state index is -0.267. The van der Waals surface area contributed by atoms with Crippen molar-refractivity contribution in [1.29, 1.82) is 0 Å². The Kier molecular flexibility index (Phi) is 4.59. The zero-order valence-corrected chi connectivity index (χ0v) is 10.8. The lowest BCUT2D eigenvalue weighted by atomic mass is 10.2. The van der Waals surface area contributed by atoms with Gasteiger partial charge < -0.3 is 15.8 Å². The van der Waals surface area contributed by atoms with E-state index >= 15 is 0 Å². The molecular weight excluding hydrogens is 310 g/mol. The van der Waals surface area contributed by atoms with Crippen molar-refractivity contribution in [2.75, 3.05) is 24.8 Å². The van der Waals surface area contributed by atoms with Gasteiger partial charge in [-0.2, -0.15) is 0 Å². The Balaban J connectivity index is 2.81. The SMILES string of the molecule is COCC(C)Nc1cc(F)c(I)cc1N. The number of rotatable bonds is 4. The van der Waals surface area contributed by atoms with E-state index in [1.165, 1.54) is 6.07 Å². The number of hydrogen-bond acceptors (Lipinski definition) is 3. The van der Waals surface area contributed by atoms with Crippen LogP contribution in [0, 0.1) is 9.39 Å². The normalized spacial score (nSPS) is 12.5. The third-order valence-electron chi connectivity index (χ3n) is 1.91. The van der Waals surface area contributed by atoms with E-state index in [9.17, 15) is 4.39 Å². The van der Waals surface area contributed by atoms with Gasteiger partial charge in [0.2, 0.25) is 0 Å². The fourth-order valence-electron chi connectivity index (χ4n) is 1.24. The van der Waals surface area contributed by atoms with E-state index in [2.05, 4.69) is 5.32 Å². The molecule has 1 aromatic rings. The fourth-order valence-corrected chi connectivity index (χ4v) is 1.74. The molecule has 0 amide bonds. The molecule has 15 heavy (non-hydrogen) atoms. The van der Waals surface area contributed by atoms with Crippen LogP contribution in [0.2, 0.25) is 0 Å². The second-order valence-electron chi connectivity index (χ2n) is 3.35. The summed E-state index contributed by atoms with van der Waals surface area (Å²) in [6.45, 7) is 2.49. The van der Waals surface area contributed by atoms with Crippen LogP contribution in [-0.4, -0.2) is 19.8 Å². The summed E-state index contributed by atoms with van der Waals surface area (Å²) in [5, 5.41) is 3.09. The molecule has 0 saturated carbocycles. The lowest BCUT2D eigenvalue weighted by molar-refractivity contribution is 0.190. The molecule has 0 spiro atoms. The lowest BCUT2D eigenvalue weighted by Crippen LogP contribution is -2.21. The highest BCUT2D eigenvalue weighted by Gasteiger charge is 2.08. The second-order valence-corrected chi connectivity index (χ2v) is 4.52. The average Bonchev–Trinajstić information content (AvgIpc) is 2.14. The number of methoxy groups -OCH3 is 1. The van der Waals surface area contributed by atoms with Crippen molar-refractivity contribution in [3.8, 4) is 0 Å². The van der Waals surface area contributed by atoms with Crippen LogP contribution in [0.1, 0.15) is 6.92 Å². The van der Waals surface area contributed by atoms with Crippen molar-refractivity contribution in [3.05, 3.63) is 21.5 Å². The first-order chi connectivity index (χ1) is 7.04. The second kappa shape index (κ2) is 5.50. The van der Waals surface area contributed by atoms with Crippen LogP contribution in [0.15, 0.2) is 12.1 Å². The van der Waals surface area contributed by atoms with Gasteiger partial charge in [-0.3, -0.25) is 0 Å². The summed E-state index contributed by atoms with van der Waals surface area (Å²) in [4.78, 5) is 0. The van der Waals surface area contributed by atoms with Crippen LogP contribution in [0.4, 0.5) is 15.8 Å². The van der Waals surface area contributed by atoms with Crippen molar-refractivity contribution in [3.63, 3.8) is 0 Å². The molecule has 3 nitrogen and oxygen atoms in total. The predicted molar refractivity (Wildman–Crippen MR) is 68.5 cm³/mol. The highest BCUT2D eigenvalue weighted by Crippen LogP contribution is 2.24. The molecule has 0 fully saturated rings. The summed E-state index contributed by atoms with van der Waals surface area (Å²) in [6, 6.07) is 3.11. The van der Waals surface area contributed by atoms with Crippen LogP contribution in [0.3, 0.4) is 0 Å². The molecule has 0 heterocycles. The zero-order valence-electron chi connectivity index (χ0n) is 8.68. The Labute approximate surface area is 102 Å². The van der Waals surface area contributed by atoms with Gasteiger partial charge in [-0.1, -0.05) is 0 Å². The maximum absolute atomic E-state index is 13.3. The summed E-state index contributed by atoms with van der Waals surface area (Å²) in [5.74, 6) is -0.267. The van der Waals surface area contributed by atoms with E-state index in [0.717, 1.165) is 0 Å². The molecule has 0 aliphatic heterocycles. The van der Waals surface area contributed by atoms with Gasteiger partial charge in [0.25, 0.3) is 0 Å². The molecule has 3 N–H and O–H groups in total. The predicted octanol–water partition coefficient (Wildman–Crippen LogP) is 2.46. The first-order valence-corrected chi connectivity index (χ1v) is 5.62. The number of benzene rings is 1. The molecule has 1 rings (SSSR count). The molecule has 0 bridgehead atoms. The Hall–Kier alpha value is -0.560. The third kappa shape index (κ3) is 3.49. The van der Waals surface area contributed by atoms with E-state index < -0.39 is 0 Å². The van der Waals surface area contributed by atoms with Crippen molar-refractivity contribution in [1.82, 2.24) is 0 Å². The van der Waals surface area contributed by atoms with E-state index in [1.54, 1.807) is 13.2 Å². The molecule has 0 aliphatic carbocycles. The van der Waals surface area contributed by atoms with Crippen molar-refractivity contribution >= 4 is 34.0 Å². The van der Waals surface area contributed by atoms with Crippen LogP contribution >= 0.6 is 22.6 Å². The smallest absolute Gasteiger partial charge is 0.138 e. The highest BCUT2D eigenvalue weighted by atomic mass is 127. The van der Waals surface area contributed by atoms with Gasteiger partial charge in [-0.05, 0) is 35.6 Å². The van der Waals surface area contributed by atoms with Crippen molar-refractivity contribution in [2.24, 2.45) is 0 Å². The number of nitrogens with two attached hydrogens (primary N) is 1. The first-order valence-electron chi connectivity index (χ1n) is 4.54. The monoisotopic (exact) mass is 324 g/mol.